The first-order valence-electron chi connectivity index (χ1n) is 18.4. The summed E-state index contributed by atoms with van der Waals surface area (Å²) in [6.45, 7) is 3.69. The van der Waals surface area contributed by atoms with Crippen LogP contribution in [0.2, 0.25) is 5.02 Å². The van der Waals surface area contributed by atoms with Gasteiger partial charge >= 0.3 is 6.18 Å². The highest BCUT2D eigenvalue weighted by atomic mass is 35.5. The molecule has 1 saturated heterocycles. The van der Waals surface area contributed by atoms with Crippen LogP contribution in [0.3, 0.4) is 0 Å². The number of alkyl halides is 3. The summed E-state index contributed by atoms with van der Waals surface area (Å²) in [7, 11) is 3.12. The van der Waals surface area contributed by atoms with E-state index < -0.39 is 28.8 Å². The summed E-state index contributed by atoms with van der Waals surface area (Å²) < 4.78 is 64.2. The van der Waals surface area contributed by atoms with Crippen LogP contribution >= 0.6 is 11.6 Å². The van der Waals surface area contributed by atoms with Gasteiger partial charge in [-0.3, -0.25) is 15.0 Å². The molecule has 6 rings (SSSR count). The Balaban J connectivity index is 0.00000285. The van der Waals surface area contributed by atoms with E-state index >= 15 is 13.2 Å². The average molecular weight is 782 g/mol. The summed E-state index contributed by atoms with van der Waals surface area (Å²) in [6, 6.07) is 24.1. The summed E-state index contributed by atoms with van der Waals surface area (Å²) in [6.07, 6.45) is 0.394. The van der Waals surface area contributed by atoms with Gasteiger partial charge in [0.1, 0.15) is 6.10 Å². The van der Waals surface area contributed by atoms with E-state index in [1.54, 1.807) is 43.4 Å². The Bertz CT molecular complexity index is 2010. The fourth-order valence-electron chi connectivity index (χ4n) is 6.97. The Kier molecular flexibility index (Phi) is 13.7. The zero-order chi connectivity index (χ0) is 39.8. The molecule has 294 valence electrons. The second kappa shape index (κ2) is 18.2. The SMILES string of the molecule is CC.COc1cc(CCCCc2ccccc2)cc(OC)c1OC1CCN(CC(O)(c2cn(-c3ccc(Cl)cc3)c3cc([N+](=O)[O-])ccc23)C(F)(F)F)CC1. The number of piperidine rings is 1. The number of likely N-dealkylation sites (tertiary alicyclic amines) is 1. The Hall–Kier alpha value is -4.78. The van der Waals surface area contributed by atoms with Crippen LogP contribution < -0.4 is 14.2 Å². The van der Waals surface area contributed by atoms with Gasteiger partial charge in [-0.2, -0.15) is 13.2 Å². The number of aliphatic hydroxyl groups is 1. The standard InChI is InChI=1S/C40H41ClF3N3O6.C2H6/c1-51-36-22-28(11-7-6-10-27-8-4-3-5-9-27)23-37(52-2)38(36)53-32-18-20-45(21-19-32)26-39(48,40(42,43)44)34-25-46(30-14-12-29(41)13-15-30)35-24-31(47(49)50)16-17-33(34)35;1-2/h3-5,8-9,12-17,22-25,32,48H,6-7,10-11,18-21,26H2,1-2H3;1-2H3. The maximum absolute atomic E-state index is 15.0. The highest BCUT2D eigenvalue weighted by Gasteiger charge is 2.57. The first kappa shape index (κ1) is 41.4. The van der Waals surface area contributed by atoms with Gasteiger partial charge in [0.05, 0.1) is 24.7 Å². The molecule has 5 aromatic rings. The van der Waals surface area contributed by atoms with Crippen molar-refractivity contribution in [2.75, 3.05) is 33.9 Å². The lowest BCUT2D eigenvalue weighted by molar-refractivity contribution is -0.384. The van der Waals surface area contributed by atoms with Crippen LogP contribution in [0.4, 0.5) is 18.9 Å². The Morgan fingerprint density at radius 2 is 1.47 bits per heavy atom. The number of nitrogens with zero attached hydrogens (tertiary/aromatic N) is 3. The predicted octanol–water partition coefficient (Wildman–Crippen LogP) is 10.1. The van der Waals surface area contributed by atoms with Crippen molar-refractivity contribution in [3.63, 3.8) is 0 Å². The number of nitro groups is 1. The van der Waals surface area contributed by atoms with E-state index in [-0.39, 0.29) is 35.8 Å². The molecule has 1 fully saturated rings. The van der Waals surface area contributed by atoms with Crippen molar-refractivity contribution in [1.29, 1.82) is 0 Å². The predicted molar refractivity (Wildman–Crippen MR) is 209 cm³/mol. The molecule has 1 unspecified atom stereocenters. The highest BCUT2D eigenvalue weighted by Crippen LogP contribution is 2.45. The number of fused-ring (bicyclic) bond motifs is 1. The van der Waals surface area contributed by atoms with Gasteiger partial charge in [-0.15, -0.1) is 0 Å². The van der Waals surface area contributed by atoms with Crippen molar-refractivity contribution in [1.82, 2.24) is 9.47 Å². The molecule has 1 aliphatic rings. The Morgan fingerprint density at radius 3 is 2.04 bits per heavy atom. The minimum Gasteiger partial charge on any atom is -0.493 e. The first-order chi connectivity index (χ1) is 26.4. The molecule has 55 heavy (non-hydrogen) atoms. The lowest BCUT2D eigenvalue weighted by Crippen LogP contribution is -2.53. The van der Waals surface area contributed by atoms with E-state index in [2.05, 4.69) is 12.1 Å². The number of methoxy groups -OCH3 is 2. The summed E-state index contributed by atoms with van der Waals surface area (Å²) in [4.78, 5) is 12.5. The van der Waals surface area contributed by atoms with Crippen LogP contribution in [0, 0.1) is 10.1 Å². The summed E-state index contributed by atoms with van der Waals surface area (Å²) in [5.74, 6) is 1.49. The molecule has 1 atom stereocenters. The van der Waals surface area contributed by atoms with Gasteiger partial charge in [0.2, 0.25) is 11.4 Å². The van der Waals surface area contributed by atoms with Crippen LogP contribution in [0.5, 0.6) is 17.2 Å². The monoisotopic (exact) mass is 781 g/mol. The Morgan fingerprint density at radius 1 is 0.873 bits per heavy atom. The number of non-ortho nitro benzene ring substituents is 1. The molecule has 0 radical (unpaired) electrons. The molecule has 4 aromatic carbocycles. The molecule has 1 aromatic heterocycles. The minimum atomic E-state index is -5.08. The minimum absolute atomic E-state index is 0.0439. The third-order valence-corrected chi connectivity index (χ3v) is 10.1. The summed E-state index contributed by atoms with van der Waals surface area (Å²) in [5, 5.41) is 23.7. The number of nitro benzene ring substituents is 1. The van der Waals surface area contributed by atoms with Gasteiger partial charge in [0, 0.05) is 59.6 Å². The van der Waals surface area contributed by atoms with Crippen LogP contribution in [0.1, 0.15) is 56.2 Å². The van der Waals surface area contributed by atoms with Crippen LogP contribution in [-0.4, -0.2) is 65.6 Å². The molecule has 0 bridgehead atoms. The molecule has 1 aliphatic heterocycles. The first-order valence-corrected chi connectivity index (χ1v) is 18.8. The van der Waals surface area contributed by atoms with Crippen LogP contribution in [0.25, 0.3) is 16.6 Å². The molecular formula is C42H47ClF3N3O6. The molecule has 13 heteroatoms. The number of hydrogen-bond acceptors (Lipinski definition) is 7. The largest absolute Gasteiger partial charge is 0.493 e. The number of unbranched alkanes of at least 4 members (excludes halogenated alkanes) is 1. The zero-order valence-electron chi connectivity index (χ0n) is 31.4. The van der Waals surface area contributed by atoms with E-state index in [1.165, 1.54) is 28.5 Å². The van der Waals surface area contributed by atoms with Crippen LogP contribution in [-0.2, 0) is 18.4 Å². The maximum Gasteiger partial charge on any atom is 0.422 e. The third-order valence-electron chi connectivity index (χ3n) is 9.84. The van der Waals surface area contributed by atoms with Gasteiger partial charge < -0.3 is 23.9 Å². The summed E-state index contributed by atoms with van der Waals surface area (Å²) >= 11 is 6.05. The van der Waals surface area contributed by atoms with E-state index in [1.807, 2.05) is 44.2 Å². The van der Waals surface area contributed by atoms with Gasteiger partial charge in [0.15, 0.2) is 11.5 Å². The van der Waals surface area contributed by atoms with Gasteiger partial charge in [-0.05, 0) is 92.1 Å². The lowest BCUT2D eigenvalue weighted by atomic mass is 9.91. The molecule has 0 saturated carbocycles. The van der Waals surface area contributed by atoms with Crippen molar-refractivity contribution >= 4 is 28.2 Å². The third kappa shape index (κ3) is 9.55. The highest BCUT2D eigenvalue weighted by molar-refractivity contribution is 6.30. The molecule has 0 spiro atoms. The molecule has 9 nitrogen and oxygen atoms in total. The number of halogens is 4. The van der Waals surface area contributed by atoms with Crippen molar-refractivity contribution in [2.24, 2.45) is 0 Å². The second-order valence-electron chi connectivity index (χ2n) is 13.3. The number of ether oxygens (including phenoxy) is 3. The fraction of sp³-hybridized carbons (Fsp3) is 0.381. The molecular weight excluding hydrogens is 735 g/mol. The molecule has 1 N–H and O–H groups in total. The number of hydrogen-bond donors (Lipinski definition) is 1. The van der Waals surface area contributed by atoms with E-state index in [9.17, 15) is 15.2 Å². The number of aromatic nitrogens is 1. The van der Waals surface area contributed by atoms with Crippen LogP contribution in [0.15, 0.2) is 91.1 Å². The van der Waals surface area contributed by atoms with Crippen molar-refractivity contribution in [2.45, 2.75) is 70.3 Å². The lowest BCUT2D eigenvalue weighted by Gasteiger charge is -2.39. The van der Waals surface area contributed by atoms with E-state index in [0.717, 1.165) is 37.3 Å². The summed E-state index contributed by atoms with van der Waals surface area (Å²) in [5.41, 5.74) is -1.07. The molecule has 0 amide bonds. The number of rotatable bonds is 14. The van der Waals surface area contributed by atoms with Crippen molar-refractivity contribution in [3.05, 3.63) is 123 Å². The average Bonchev–Trinajstić information content (AvgIpc) is 3.58. The van der Waals surface area contributed by atoms with Crippen molar-refractivity contribution in [3.8, 4) is 22.9 Å². The second-order valence-corrected chi connectivity index (χ2v) is 13.8. The van der Waals surface area contributed by atoms with Gasteiger partial charge in [-0.25, -0.2) is 0 Å². The van der Waals surface area contributed by atoms with E-state index in [0.29, 0.717) is 40.8 Å². The maximum atomic E-state index is 15.0. The Labute approximate surface area is 324 Å². The smallest absolute Gasteiger partial charge is 0.422 e. The topological polar surface area (TPSA) is 99.2 Å². The van der Waals surface area contributed by atoms with Crippen molar-refractivity contribution < 1.29 is 37.4 Å². The fourth-order valence-corrected chi connectivity index (χ4v) is 7.10. The number of benzene rings is 4. The molecule has 0 aliphatic carbocycles. The number of aryl methyl sites for hydroxylation is 2. The number of β-amino-alcohol motifs (C(OH)–C–C–N with tert-alkyl or cyclic N) is 1. The quantitative estimate of drug-likeness (QED) is 0.0680. The van der Waals surface area contributed by atoms with Gasteiger partial charge in [0.25, 0.3) is 5.69 Å². The van der Waals surface area contributed by atoms with E-state index in [4.69, 9.17) is 25.8 Å². The zero-order valence-corrected chi connectivity index (χ0v) is 32.2. The van der Waals surface area contributed by atoms with Gasteiger partial charge in [-0.1, -0.05) is 55.8 Å². The molecule has 2 heterocycles. The normalized spacial score (nSPS) is 14.9.